The molecule has 23 heavy (non-hydrogen) atoms. The summed E-state index contributed by atoms with van der Waals surface area (Å²) in [6.07, 6.45) is 1.11. The first-order valence-corrected chi connectivity index (χ1v) is 13.2. The summed E-state index contributed by atoms with van der Waals surface area (Å²) in [6.45, 7) is 22.8. The molecule has 0 atom stereocenters. The van der Waals surface area contributed by atoms with Gasteiger partial charge in [0.25, 0.3) is 0 Å². The zero-order chi connectivity index (χ0) is 18.5. The van der Waals surface area contributed by atoms with E-state index in [2.05, 4.69) is 62.3 Å². The fourth-order valence-corrected chi connectivity index (χ4v) is 8.51. The Morgan fingerprint density at radius 1 is 0.957 bits per heavy atom. The third kappa shape index (κ3) is 12.3. The highest BCUT2D eigenvalue weighted by molar-refractivity contribution is 6.76. The van der Waals surface area contributed by atoms with E-state index in [4.69, 9.17) is 14.6 Å². The summed E-state index contributed by atoms with van der Waals surface area (Å²) in [6, 6.07) is 1.21. The van der Waals surface area contributed by atoms with Crippen LogP contribution in [0.2, 0.25) is 22.7 Å². The van der Waals surface area contributed by atoms with Gasteiger partial charge < -0.3 is 14.6 Å². The first kappa shape index (κ1) is 25.6. The first-order chi connectivity index (χ1) is 10.6. The molecule has 0 rings (SSSR count). The molecule has 0 unspecified atom stereocenters. The van der Waals surface area contributed by atoms with Crippen LogP contribution in [0.5, 0.6) is 0 Å². The molecule has 0 aromatic heterocycles. The summed E-state index contributed by atoms with van der Waals surface area (Å²) in [7, 11) is -1.75. The van der Waals surface area contributed by atoms with Gasteiger partial charge in [0.15, 0.2) is 18.1 Å². The second-order valence-electron chi connectivity index (χ2n) is 7.91. The van der Waals surface area contributed by atoms with Gasteiger partial charge in [-0.05, 0) is 48.5 Å². The average Bonchev–Trinajstić information content (AvgIpc) is 2.42. The third-order valence-corrected chi connectivity index (χ3v) is 11.1. The maximum atomic E-state index is 6.14. The molecular formula is C18H45NO2Si2. The van der Waals surface area contributed by atoms with E-state index in [1.807, 2.05) is 0 Å². The Morgan fingerprint density at radius 3 is 1.78 bits per heavy atom. The van der Waals surface area contributed by atoms with Crippen LogP contribution in [0.25, 0.3) is 0 Å². The molecule has 0 fully saturated rings. The molecule has 0 aromatic carbocycles. The molecule has 0 saturated carbocycles. The minimum absolute atomic E-state index is 0.197. The minimum atomic E-state index is -1.55. The summed E-state index contributed by atoms with van der Waals surface area (Å²) >= 11 is 0. The fourth-order valence-electron chi connectivity index (χ4n) is 2.84. The molecule has 0 bridgehead atoms. The van der Waals surface area contributed by atoms with Gasteiger partial charge in [-0.1, -0.05) is 55.4 Å². The molecule has 2 N–H and O–H groups in total. The van der Waals surface area contributed by atoms with Crippen LogP contribution >= 0.6 is 0 Å². The Kier molecular flexibility index (Phi) is 16.3. The van der Waals surface area contributed by atoms with E-state index in [1.54, 1.807) is 0 Å². The van der Waals surface area contributed by atoms with Crippen LogP contribution in [0.3, 0.4) is 0 Å². The lowest BCUT2D eigenvalue weighted by molar-refractivity contribution is 0.281. The lowest BCUT2D eigenvalue weighted by atomic mass is 10.2. The van der Waals surface area contributed by atoms with Crippen LogP contribution in [0.1, 0.15) is 68.7 Å². The van der Waals surface area contributed by atoms with Gasteiger partial charge in [0.05, 0.1) is 0 Å². The number of hydrogen-bond donors (Lipinski definition) is 1. The SMILES string of the molecule is CC(C)CO[SiH2]C(C)C.CCO[Si](CCCN)(C(C)C)C(C)C. The molecule has 0 aliphatic heterocycles. The van der Waals surface area contributed by atoms with E-state index in [-0.39, 0.29) is 9.76 Å². The lowest BCUT2D eigenvalue weighted by Gasteiger charge is -2.38. The Morgan fingerprint density at radius 2 is 1.48 bits per heavy atom. The van der Waals surface area contributed by atoms with Crippen LogP contribution in [0.4, 0.5) is 0 Å². The van der Waals surface area contributed by atoms with Gasteiger partial charge in [-0.25, -0.2) is 0 Å². The van der Waals surface area contributed by atoms with Crippen molar-refractivity contribution in [3.63, 3.8) is 0 Å². The molecule has 0 radical (unpaired) electrons. The van der Waals surface area contributed by atoms with Crippen molar-refractivity contribution in [1.82, 2.24) is 0 Å². The van der Waals surface area contributed by atoms with E-state index in [9.17, 15) is 0 Å². The molecule has 3 nitrogen and oxygen atoms in total. The van der Waals surface area contributed by atoms with E-state index >= 15 is 0 Å². The van der Waals surface area contributed by atoms with Gasteiger partial charge in [-0.15, -0.1) is 0 Å². The summed E-state index contributed by atoms with van der Waals surface area (Å²) in [5, 5.41) is 0. The number of hydrogen-bond acceptors (Lipinski definition) is 3. The largest absolute Gasteiger partial charge is 0.423 e. The van der Waals surface area contributed by atoms with Gasteiger partial charge in [0.1, 0.15) is 0 Å². The van der Waals surface area contributed by atoms with Crippen molar-refractivity contribution in [1.29, 1.82) is 0 Å². The molecule has 0 amide bonds. The molecule has 5 heteroatoms. The van der Waals surface area contributed by atoms with Crippen molar-refractivity contribution >= 4 is 18.1 Å². The van der Waals surface area contributed by atoms with Gasteiger partial charge in [0, 0.05) is 13.2 Å². The Balaban J connectivity index is 0. The highest BCUT2D eigenvalue weighted by Gasteiger charge is 2.40. The number of rotatable bonds is 11. The predicted octanol–water partition coefficient (Wildman–Crippen LogP) is 4.71. The van der Waals surface area contributed by atoms with Gasteiger partial charge in [-0.2, -0.15) is 0 Å². The zero-order valence-corrected chi connectivity index (χ0v) is 19.9. The quantitative estimate of drug-likeness (QED) is 0.541. The minimum Gasteiger partial charge on any atom is -0.423 e. The van der Waals surface area contributed by atoms with Crippen LogP contribution < -0.4 is 5.73 Å². The molecule has 0 aromatic rings. The molecule has 0 spiro atoms. The molecule has 0 saturated heterocycles. The second kappa shape index (κ2) is 14.6. The van der Waals surface area contributed by atoms with Crippen LogP contribution in [0, 0.1) is 5.92 Å². The normalized spacial score (nSPS) is 12.8. The van der Waals surface area contributed by atoms with Crippen molar-refractivity contribution in [3.05, 3.63) is 0 Å². The van der Waals surface area contributed by atoms with Crippen molar-refractivity contribution in [2.75, 3.05) is 19.8 Å². The van der Waals surface area contributed by atoms with E-state index in [0.717, 1.165) is 31.7 Å². The van der Waals surface area contributed by atoms with Crippen LogP contribution in [-0.4, -0.2) is 37.8 Å². The van der Waals surface area contributed by atoms with Gasteiger partial charge in [-0.3, -0.25) is 0 Å². The summed E-state index contributed by atoms with van der Waals surface area (Å²) in [5.74, 6) is 0.705. The zero-order valence-electron chi connectivity index (χ0n) is 17.4. The molecular weight excluding hydrogens is 318 g/mol. The Bertz CT molecular complexity index is 243. The van der Waals surface area contributed by atoms with E-state index in [1.165, 1.54) is 6.04 Å². The van der Waals surface area contributed by atoms with E-state index < -0.39 is 8.32 Å². The highest BCUT2D eigenvalue weighted by atomic mass is 28.4. The average molecular weight is 364 g/mol. The molecule has 142 valence electrons. The van der Waals surface area contributed by atoms with Crippen LogP contribution in [0.15, 0.2) is 0 Å². The van der Waals surface area contributed by atoms with Gasteiger partial charge in [0.2, 0.25) is 0 Å². The van der Waals surface area contributed by atoms with Crippen molar-refractivity contribution in [2.24, 2.45) is 11.7 Å². The summed E-state index contributed by atoms with van der Waals surface area (Å²) < 4.78 is 11.6. The fraction of sp³-hybridized carbons (Fsp3) is 1.00. The van der Waals surface area contributed by atoms with Gasteiger partial charge >= 0.3 is 0 Å². The molecule has 0 aliphatic carbocycles. The smallest absolute Gasteiger partial charge is 0.197 e. The third-order valence-electron chi connectivity index (χ3n) is 4.04. The maximum absolute atomic E-state index is 6.14. The summed E-state index contributed by atoms with van der Waals surface area (Å²) in [5.41, 5.74) is 7.79. The topological polar surface area (TPSA) is 44.5 Å². The lowest BCUT2D eigenvalue weighted by Crippen LogP contribution is -2.45. The van der Waals surface area contributed by atoms with E-state index in [0.29, 0.717) is 17.0 Å². The van der Waals surface area contributed by atoms with Crippen molar-refractivity contribution in [3.8, 4) is 0 Å². The molecule has 0 heterocycles. The summed E-state index contributed by atoms with van der Waals surface area (Å²) in [4.78, 5) is 0. The maximum Gasteiger partial charge on any atom is 0.197 e. The van der Waals surface area contributed by atoms with Crippen LogP contribution in [-0.2, 0) is 8.85 Å². The standard InChI is InChI=1S/C11H27NOSi.C7H18OSi/c1-6-13-14(10(2)3,11(4)5)9-7-8-12;1-6(2)5-8-9-7(3)4/h10-11H,6-9,12H2,1-5H3;6-7H,5,9H2,1-4H3. The monoisotopic (exact) mass is 363 g/mol. The van der Waals surface area contributed by atoms with Crippen molar-refractivity contribution < 1.29 is 8.85 Å². The van der Waals surface area contributed by atoms with Crippen molar-refractivity contribution in [2.45, 2.75) is 91.4 Å². The molecule has 0 aliphatic rings. The second-order valence-corrected chi connectivity index (χ2v) is 15.3. The first-order valence-electron chi connectivity index (χ1n) is 9.55. The number of nitrogens with two attached hydrogens (primary N) is 1. The highest BCUT2D eigenvalue weighted by Crippen LogP contribution is 2.37. The Labute approximate surface area is 150 Å². The predicted molar refractivity (Wildman–Crippen MR) is 110 cm³/mol. The Hall–Kier alpha value is 0.314.